The molecule has 0 saturated carbocycles. The molecule has 2 atom stereocenters. The maximum atomic E-state index is 4.27. The highest BCUT2D eigenvalue weighted by molar-refractivity contribution is 8.10. The highest BCUT2D eigenvalue weighted by atomic mass is 32.2. The van der Waals surface area contributed by atoms with Gasteiger partial charge in [-0.25, -0.2) is 0 Å². The molecule has 4 heteroatoms. The first-order valence-corrected chi connectivity index (χ1v) is 5.46. The van der Waals surface area contributed by atoms with Gasteiger partial charge in [0.2, 0.25) is 0 Å². The van der Waals surface area contributed by atoms with Crippen LogP contribution in [0.3, 0.4) is 0 Å². The number of hydrogen-bond donors (Lipinski definition) is 3. The third-order valence-electron chi connectivity index (χ3n) is 0.741. The highest BCUT2D eigenvalue weighted by Crippen LogP contribution is 2.16. The minimum Gasteiger partial charge on any atom is -0.178 e. The molecule has 0 aromatic carbocycles. The van der Waals surface area contributed by atoms with Gasteiger partial charge in [-0.15, -0.1) is 11.8 Å². The molecule has 0 bridgehead atoms. The summed E-state index contributed by atoms with van der Waals surface area (Å²) in [4.78, 5) is 0. The summed E-state index contributed by atoms with van der Waals surface area (Å²) in [6, 6.07) is 0. The van der Waals surface area contributed by atoms with E-state index in [9.17, 15) is 0 Å². The first-order valence-electron chi connectivity index (χ1n) is 2.75. The Morgan fingerprint density at radius 2 is 2.00 bits per heavy atom. The molecule has 9 heavy (non-hydrogen) atoms. The van der Waals surface area contributed by atoms with E-state index in [1.165, 1.54) is 0 Å². The summed E-state index contributed by atoms with van der Waals surface area (Å²) in [5.74, 6) is 1.88. The molecule has 0 aliphatic heterocycles. The van der Waals surface area contributed by atoms with Crippen molar-refractivity contribution in [2.45, 2.75) is 16.8 Å². The topological polar surface area (TPSA) is 0 Å². The van der Waals surface area contributed by atoms with Crippen molar-refractivity contribution in [1.82, 2.24) is 0 Å². The Bertz CT molecular complexity index is 64.0. The Morgan fingerprint density at radius 3 is 2.33 bits per heavy atom. The van der Waals surface area contributed by atoms with E-state index in [-0.39, 0.29) is 0 Å². The molecule has 0 fully saturated rings. The van der Waals surface area contributed by atoms with Crippen molar-refractivity contribution in [1.29, 1.82) is 0 Å². The van der Waals surface area contributed by atoms with Crippen LogP contribution in [0.2, 0.25) is 0 Å². The van der Waals surface area contributed by atoms with Crippen molar-refractivity contribution in [3.63, 3.8) is 0 Å². The molecule has 0 aromatic rings. The second-order valence-electron chi connectivity index (χ2n) is 1.77. The zero-order valence-electron chi connectivity index (χ0n) is 5.32. The van der Waals surface area contributed by atoms with Gasteiger partial charge >= 0.3 is 0 Å². The van der Waals surface area contributed by atoms with E-state index in [1.807, 2.05) is 0 Å². The number of thiol groups is 3. The predicted molar refractivity (Wildman–Crippen MR) is 57.5 cm³/mol. The Morgan fingerprint density at radius 1 is 1.44 bits per heavy atom. The standard InChI is InChI=1S/C5H12S4/c1-4(7)9-3-5(8)2-6/h4-8H,2-3H2,1H3. The van der Waals surface area contributed by atoms with E-state index >= 15 is 0 Å². The largest absolute Gasteiger partial charge is 0.178 e. The van der Waals surface area contributed by atoms with E-state index in [4.69, 9.17) is 0 Å². The Kier molecular flexibility index (Phi) is 7.09. The fourth-order valence-electron chi connectivity index (χ4n) is 0.303. The van der Waals surface area contributed by atoms with Crippen molar-refractivity contribution in [2.75, 3.05) is 11.5 Å². The van der Waals surface area contributed by atoms with E-state index in [2.05, 4.69) is 44.8 Å². The molecule has 0 saturated heterocycles. The molecule has 56 valence electrons. The second kappa shape index (κ2) is 6.13. The first-order chi connectivity index (χ1) is 4.16. The quantitative estimate of drug-likeness (QED) is 0.462. The van der Waals surface area contributed by atoms with Crippen LogP contribution in [-0.2, 0) is 0 Å². The van der Waals surface area contributed by atoms with Gasteiger partial charge in [0.25, 0.3) is 0 Å². The minimum atomic E-state index is 0.410. The Hall–Kier alpha value is 1.40. The molecule has 2 unspecified atom stereocenters. The van der Waals surface area contributed by atoms with Gasteiger partial charge < -0.3 is 0 Å². The molecular formula is C5H12S4. The summed E-state index contributed by atoms with van der Waals surface area (Å²) < 4.78 is 0.416. The molecule has 0 aromatic heterocycles. The molecule has 0 amide bonds. The molecule has 0 aliphatic carbocycles. The summed E-state index contributed by atoms with van der Waals surface area (Å²) in [5.41, 5.74) is 0. The van der Waals surface area contributed by atoms with E-state index < -0.39 is 0 Å². The smallest absolute Gasteiger partial charge is 0.0444 e. The lowest BCUT2D eigenvalue weighted by Gasteiger charge is -2.07. The normalized spacial score (nSPS) is 17.3. The van der Waals surface area contributed by atoms with Gasteiger partial charge in [-0.3, -0.25) is 0 Å². The summed E-state index contributed by atoms with van der Waals surface area (Å²) in [7, 11) is 0. The molecule has 0 aliphatic rings. The van der Waals surface area contributed by atoms with Crippen molar-refractivity contribution in [3.05, 3.63) is 0 Å². The van der Waals surface area contributed by atoms with Gasteiger partial charge in [0.15, 0.2) is 0 Å². The molecule has 0 heterocycles. The second-order valence-corrected chi connectivity index (χ2v) is 5.36. The summed E-state index contributed by atoms with van der Waals surface area (Å²) >= 11 is 14.4. The zero-order valence-corrected chi connectivity index (χ0v) is 8.82. The summed E-state index contributed by atoms with van der Waals surface area (Å²) in [6.45, 7) is 2.06. The Labute approximate surface area is 77.8 Å². The lowest BCUT2D eigenvalue weighted by molar-refractivity contribution is 1.16. The molecule has 0 N–H and O–H groups in total. The van der Waals surface area contributed by atoms with Crippen LogP contribution >= 0.6 is 49.6 Å². The lowest BCUT2D eigenvalue weighted by atomic mass is 10.6. The fraction of sp³-hybridized carbons (Fsp3) is 1.00. The third-order valence-corrected chi connectivity index (χ3v) is 3.61. The maximum absolute atomic E-state index is 4.27. The average molecular weight is 200 g/mol. The average Bonchev–Trinajstić information content (AvgIpc) is 1.83. The SMILES string of the molecule is CC(S)SCC(S)CS. The van der Waals surface area contributed by atoms with Crippen molar-refractivity contribution in [3.8, 4) is 0 Å². The number of rotatable bonds is 4. The molecule has 0 rings (SSSR count). The van der Waals surface area contributed by atoms with Gasteiger partial charge in [-0.1, -0.05) is 0 Å². The van der Waals surface area contributed by atoms with Crippen molar-refractivity contribution >= 4 is 49.6 Å². The molecule has 0 nitrogen and oxygen atoms in total. The highest BCUT2D eigenvalue weighted by Gasteiger charge is 2.01. The van der Waals surface area contributed by atoms with Crippen molar-refractivity contribution < 1.29 is 0 Å². The monoisotopic (exact) mass is 200 g/mol. The van der Waals surface area contributed by atoms with E-state index in [1.54, 1.807) is 11.8 Å². The van der Waals surface area contributed by atoms with Crippen LogP contribution in [0.4, 0.5) is 0 Å². The van der Waals surface area contributed by atoms with Crippen molar-refractivity contribution in [2.24, 2.45) is 0 Å². The van der Waals surface area contributed by atoms with Crippen LogP contribution in [0, 0.1) is 0 Å². The van der Waals surface area contributed by atoms with Gasteiger partial charge in [0.1, 0.15) is 0 Å². The summed E-state index contributed by atoms with van der Waals surface area (Å²) in [6.07, 6.45) is 0. The summed E-state index contributed by atoms with van der Waals surface area (Å²) in [5, 5.41) is 0.410. The van der Waals surface area contributed by atoms with Gasteiger partial charge in [-0.05, 0) is 6.92 Å². The molecule has 0 radical (unpaired) electrons. The maximum Gasteiger partial charge on any atom is 0.0444 e. The van der Waals surface area contributed by atoms with E-state index in [0.717, 1.165) is 11.5 Å². The van der Waals surface area contributed by atoms with Crippen LogP contribution in [-0.4, -0.2) is 21.3 Å². The lowest BCUT2D eigenvalue weighted by Crippen LogP contribution is -2.05. The number of hydrogen-bond acceptors (Lipinski definition) is 4. The minimum absolute atomic E-state index is 0.410. The molecular weight excluding hydrogens is 188 g/mol. The van der Waals surface area contributed by atoms with E-state index in [0.29, 0.717) is 9.83 Å². The van der Waals surface area contributed by atoms with Crippen LogP contribution in [0.1, 0.15) is 6.92 Å². The first kappa shape index (κ1) is 10.4. The van der Waals surface area contributed by atoms with Gasteiger partial charge in [0, 0.05) is 21.3 Å². The van der Waals surface area contributed by atoms with Crippen LogP contribution < -0.4 is 0 Å². The molecule has 0 spiro atoms. The third kappa shape index (κ3) is 7.30. The van der Waals surface area contributed by atoms with Crippen LogP contribution in [0.25, 0.3) is 0 Å². The van der Waals surface area contributed by atoms with Gasteiger partial charge in [-0.2, -0.15) is 37.9 Å². The van der Waals surface area contributed by atoms with Crippen LogP contribution in [0.5, 0.6) is 0 Å². The Balaban J connectivity index is 3.06. The predicted octanol–water partition coefficient (Wildman–Crippen LogP) is 2.22. The van der Waals surface area contributed by atoms with Gasteiger partial charge in [0.05, 0.1) is 0 Å². The number of thioether (sulfide) groups is 1. The van der Waals surface area contributed by atoms with Crippen LogP contribution in [0.15, 0.2) is 0 Å². The fourth-order valence-corrected chi connectivity index (χ4v) is 1.74. The zero-order chi connectivity index (χ0) is 7.28.